The molecular formula is C21H27N3O3. The Bertz CT molecular complexity index is 746. The largest absolute Gasteiger partial charge is 0.493 e. The summed E-state index contributed by atoms with van der Waals surface area (Å²) >= 11 is 0. The molecule has 0 aliphatic carbocycles. The summed E-state index contributed by atoms with van der Waals surface area (Å²) in [5.41, 5.74) is 4.18. The third kappa shape index (κ3) is 7.40. The van der Waals surface area contributed by atoms with Crippen LogP contribution >= 0.6 is 0 Å². The number of amides is 1. The SMILES string of the molecule is COc1cc(/C=N/NC(=O)CNc2ccccc2)ccc1OCCC(C)C. The molecule has 144 valence electrons. The van der Waals surface area contributed by atoms with E-state index < -0.39 is 0 Å². The fourth-order valence-corrected chi connectivity index (χ4v) is 2.24. The van der Waals surface area contributed by atoms with E-state index in [9.17, 15) is 4.79 Å². The van der Waals surface area contributed by atoms with Crippen LogP contribution in [0.5, 0.6) is 11.5 Å². The van der Waals surface area contributed by atoms with E-state index in [2.05, 4.69) is 29.7 Å². The van der Waals surface area contributed by atoms with Gasteiger partial charge in [0.1, 0.15) is 0 Å². The number of para-hydroxylation sites is 1. The molecule has 2 aromatic carbocycles. The molecule has 0 heterocycles. The molecule has 0 aliphatic rings. The molecule has 0 fully saturated rings. The number of anilines is 1. The molecule has 0 saturated carbocycles. The zero-order chi connectivity index (χ0) is 19.5. The van der Waals surface area contributed by atoms with E-state index in [0.29, 0.717) is 24.0 Å². The van der Waals surface area contributed by atoms with Gasteiger partial charge in [0.25, 0.3) is 5.91 Å². The van der Waals surface area contributed by atoms with Gasteiger partial charge < -0.3 is 14.8 Å². The Balaban J connectivity index is 1.83. The topological polar surface area (TPSA) is 72.0 Å². The van der Waals surface area contributed by atoms with Crippen LogP contribution < -0.4 is 20.2 Å². The summed E-state index contributed by atoms with van der Waals surface area (Å²) in [5.74, 6) is 1.70. The molecule has 0 bridgehead atoms. The molecule has 0 aliphatic heterocycles. The average Bonchev–Trinajstić information content (AvgIpc) is 2.67. The van der Waals surface area contributed by atoms with Crippen LogP contribution in [0.25, 0.3) is 0 Å². The maximum Gasteiger partial charge on any atom is 0.259 e. The molecule has 0 unspecified atom stereocenters. The minimum atomic E-state index is -0.226. The molecule has 2 N–H and O–H groups in total. The van der Waals surface area contributed by atoms with Crippen molar-refractivity contribution in [3.8, 4) is 11.5 Å². The predicted octanol–water partition coefficient (Wildman–Crippen LogP) is 3.68. The van der Waals surface area contributed by atoms with Crippen LogP contribution in [0.15, 0.2) is 53.6 Å². The van der Waals surface area contributed by atoms with Crippen LogP contribution in [0.1, 0.15) is 25.8 Å². The van der Waals surface area contributed by atoms with Gasteiger partial charge in [0.15, 0.2) is 11.5 Å². The van der Waals surface area contributed by atoms with Crippen molar-refractivity contribution < 1.29 is 14.3 Å². The second-order valence-corrected chi connectivity index (χ2v) is 6.45. The Labute approximate surface area is 160 Å². The van der Waals surface area contributed by atoms with E-state index in [1.165, 1.54) is 0 Å². The van der Waals surface area contributed by atoms with E-state index in [0.717, 1.165) is 17.7 Å². The molecule has 0 radical (unpaired) electrons. The zero-order valence-corrected chi connectivity index (χ0v) is 16.1. The minimum Gasteiger partial charge on any atom is -0.493 e. The maximum absolute atomic E-state index is 11.8. The highest BCUT2D eigenvalue weighted by atomic mass is 16.5. The van der Waals surface area contributed by atoms with Gasteiger partial charge in [-0.25, -0.2) is 5.43 Å². The minimum absolute atomic E-state index is 0.146. The van der Waals surface area contributed by atoms with Gasteiger partial charge in [0, 0.05) is 5.69 Å². The summed E-state index contributed by atoms with van der Waals surface area (Å²) in [6.45, 7) is 5.10. The van der Waals surface area contributed by atoms with Crippen LogP contribution in [0.4, 0.5) is 5.69 Å². The fraction of sp³-hybridized carbons (Fsp3) is 0.333. The summed E-state index contributed by atoms with van der Waals surface area (Å²) in [7, 11) is 1.60. The van der Waals surface area contributed by atoms with Crippen molar-refractivity contribution in [3.05, 3.63) is 54.1 Å². The number of carbonyl (C=O) groups excluding carboxylic acids is 1. The van der Waals surface area contributed by atoms with Crippen molar-refractivity contribution in [1.29, 1.82) is 0 Å². The Kier molecular flexibility index (Phi) is 8.16. The average molecular weight is 369 g/mol. The van der Waals surface area contributed by atoms with E-state index >= 15 is 0 Å². The lowest BCUT2D eigenvalue weighted by Gasteiger charge is -2.12. The summed E-state index contributed by atoms with van der Waals surface area (Å²) in [5, 5.41) is 7.01. The second kappa shape index (κ2) is 10.9. The lowest BCUT2D eigenvalue weighted by atomic mass is 10.1. The third-order valence-electron chi connectivity index (χ3n) is 3.77. The van der Waals surface area contributed by atoms with Gasteiger partial charge in [-0.3, -0.25) is 4.79 Å². The Hall–Kier alpha value is -3.02. The molecule has 0 spiro atoms. The van der Waals surface area contributed by atoms with Gasteiger partial charge in [-0.05, 0) is 48.2 Å². The van der Waals surface area contributed by atoms with E-state index in [1.54, 1.807) is 13.3 Å². The second-order valence-electron chi connectivity index (χ2n) is 6.45. The molecule has 0 atom stereocenters. The number of hydrazone groups is 1. The summed E-state index contributed by atoms with van der Waals surface area (Å²) in [6.07, 6.45) is 2.55. The number of carbonyl (C=O) groups is 1. The van der Waals surface area contributed by atoms with Crippen LogP contribution in [0.2, 0.25) is 0 Å². The van der Waals surface area contributed by atoms with Crippen molar-refractivity contribution >= 4 is 17.8 Å². The predicted molar refractivity (Wildman–Crippen MR) is 109 cm³/mol. The number of rotatable bonds is 10. The van der Waals surface area contributed by atoms with Gasteiger partial charge >= 0.3 is 0 Å². The Morgan fingerprint density at radius 2 is 1.93 bits per heavy atom. The van der Waals surface area contributed by atoms with Crippen LogP contribution in [-0.2, 0) is 4.79 Å². The van der Waals surface area contributed by atoms with Gasteiger partial charge in [-0.1, -0.05) is 32.0 Å². The number of hydrogen-bond acceptors (Lipinski definition) is 5. The maximum atomic E-state index is 11.8. The van der Waals surface area contributed by atoms with Crippen molar-refractivity contribution in [2.45, 2.75) is 20.3 Å². The molecule has 0 saturated heterocycles. The first-order valence-electron chi connectivity index (χ1n) is 9.00. The first-order chi connectivity index (χ1) is 13.1. The molecule has 2 aromatic rings. The summed E-state index contributed by atoms with van der Waals surface area (Å²) in [6, 6.07) is 15.1. The number of hydrogen-bond donors (Lipinski definition) is 2. The third-order valence-corrected chi connectivity index (χ3v) is 3.77. The van der Waals surface area contributed by atoms with Gasteiger partial charge in [0.2, 0.25) is 0 Å². The highest BCUT2D eigenvalue weighted by Gasteiger charge is 2.06. The first-order valence-corrected chi connectivity index (χ1v) is 9.00. The summed E-state index contributed by atoms with van der Waals surface area (Å²) in [4.78, 5) is 11.8. The fourth-order valence-electron chi connectivity index (χ4n) is 2.24. The van der Waals surface area contributed by atoms with Crippen LogP contribution in [0.3, 0.4) is 0 Å². The van der Waals surface area contributed by atoms with E-state index in [-0.39, 0.29) is 12.5 Å². The lowest BCUT2D eigenvalue weighted by Crippen LogP contribution is -2.25. The van der Waals surface area contributed by atoms with Crippen LogP contribution in [-0.4, -0.2) is 32.4 Å². The molecular weight excluding hydrogens is 342 g/mol. The monoisotopic (exact) mass is 369 g/mol. The lowest BCUT2D eigenvalue weighted by molar-refractivity contribution is -0.119. The first kappa shape index (κ1) is 20.3. The standard InChI is InChI=1S/C21H27N3O3/c1-16(2)11-12-27-19-10-9-17(13-20(19)26-3)14-23-24-21(25)15-22-18-7-5-4-6-8-18/h4-10,13-14,16,22H,11-12,15H2,1-3H3,(H,24,25)/b23-14+. The smallest absolute Gasteiger partial charge is 0.259 e. The highest BCUT2D eigenvalue weighted by molar-refractivity contribution is 5.84. The van der Waals surface area contributed by atoms with Crippen molar-refractivity contribution in [3.63, 3.8) is 0 Å². The molecule has 27 heavy (non-hydrogen) atoms. The van der Waals surface area contributed by atoms with Gasteiger partial charge in [-0.15, -0.1) is 0 Å². The molecule has 2 rings (SSSR count). The Morgan fingerprint density at radius 3 is 2.63 bits per heavy atom. The Morgan fingerprint density at radius 1 is 1.15 bits per heavy atom. The van der Waals surface area contributed by atoms with E-state index in [4.69, 9.17) is 9.47 Å². The molecule has 6 heteroatoms. The normalized spacial score (nSPS) is 10.8. The zero-order valence-electron chi connectivity index (χ0n) is 16.1. The van der Waals surface area contributed by atoms with Crippen molar-refractivity contribution in [1.82, 2.24) is 5.43 Å². The number of benzene rings is 2. The van der Waals surface area contributed by atoms with Crippen molar-refractivity contribution in [2.75, 3.05) is 25.6 Å². The molecule has 6 nitrogen and oxygen atoms in total. The molecule has 1 amide bonds. The quantitative estimate of drug-likeness (QED) is 0.495. The van der Waals surface area contributed by atoms with Crippen molar-refractivity contribution in [2.24, 2.45) is 11.0 Å². The van der Waals surface area contributed by atoms with Crippen LogP contribution in [0, 0.1) is 5.92 Å². The number of nitrogens with one attached hydrogen (secondary N) is 2. The number of methoxy groups -OCH3 is 1. The summed E-state index contributed by atoms with van der Waals surface area (Å²) < 4.78 is 11.1. The van der Waals surface area contributed by atoms with E-state index in [1.807, 2.05) is 48.5 Å². The van der Waals surface area contributed by atoms with Gasteiger partial charge in [0.05, 0.1) is 26.5 Å². The number of ether oxygens (including phenoxy) is 2. The molecule has 0 aromatic heterocycles. The highest BCUT2D eigenvalue weighted by Crippen LogP contribution is 2.27. The number of nitrogens with zero attached hydrogens (tertiary/aromatic N) is 1. The van der Waals surface area contributed by atoms with Gasteiger partial charge in [-0.2, -0.15) is 5.10 Å².